The third kappa shape index (κ3) is 1.43. The van der Waals surface area contributed by atoms with Crippen LogP contribution in [-0.4, -0.2) is 17.1 Å². The van der Waals surface area contributed by atoms with Gasteiger partial charge in [0.1, 0.15) is 5.75 Å². The fourth-order valence-electron chi connectivity index (χ4n) is 2.92. The number of benzene rings is 2. The topological polar surface area (TPSA) is 37.9 Å². The monoisotopic (exact) mass is 262 g/mol. The minimum Gasteiger partial charge on any atom is -0.497 e. The highest BCUT2D eigenvalue weighted by atomic mass is 16.5. The van der Waals surface area contributed by atoms with Crippen molar-refractivity contribution in [3.05, 3.63) is 48.3 Å². The lowest BCUT2D eigenvalue weighted by molar-refractivity contribution is 0.415. The van der Waals surface area contributed by atoms with Crippen LogP contribution in [0.5, 0.6) is 5.75 Å². The zero-order chi connectivity index (χ0) is 13.7. The number of hydrogen-bond acceptors (Lipinski definition) is 2. The molecule has 2 heterocycles. The number of rotatable bonds is 1. The van der Waals surface area contributed by atoms with Gasteiger partial charge in [-0.15, -0.1) is 0 Å². The van der Waals surface area contributed by atoms with Gasteiger partial charge in [0.25, 0.3) is 0 Å². The van der Waals surface area contributed by atoms with Crippen LogP contribution >= 0.6 is 0 Å². The van der Waals surface area contributed by atoms with E-state index in [-0.39, 0.29) is 0 Å². The number of H-pyrrole nitrogens is 1. The smallest absolute Gasteiger partial charge is 0.119 e. The average Bonchev–Trinajstić information content (AvgIpc) is 2.87. The molecule has 0 radical (unpaired) electrons. The second kappa shape index (κ2) is 3.97. The molecule has 1 N–H and O–H groups in total. The number of aromatic amines is 1. The number of hydrogen-bond donors (Lipinski definition) is 1. The first-order valence-corrected chi connectivity index (χ1v) is 6.60. The molecule has 3 heteroatoms. The maximum Gasteiger partial charge on any atom is 0.119 e. The van der Waals surface area contributed by atoms with Crippen molar-refractivity contribution in [1.29, 1.82) is 0 Å². The minimum atomic E-state index is 0.872. The largest absolute Gasteiger partial charge is 0.497 e. The van der Waals surface area contributed by atoms with Crippen molar-refractivity contribution in [2.75, 3.05) is 7.11 Å². The molecule has 0 aliphatic rings. The van der Waals surface area contributed by atoms with Crippen LogP contribution < -0.4 is 4.74 Å². The van der Waals surface area contributed by atoms with Crippen LogP contribution in [0.15, 0.2) is 42.7 Å². The SMILES string of the molecule is COc1ccc2[nH]c3c(C)cc4ccncc4c3c2c1. The molecule has 3 nitrogen and oxygen atoms in total. The standard InChI is InChI=1S/C17H14N2O/c1-10-7-11-5-6-18-9-14(11)16-13-8-12(20-2)3-4-15(13)19-17(10)16/h3-9,19H,1-2H3. The molecular formula is C17H14N2O. The van der Waals surface area contributed by atoms with Gasteiger partial charge in [0, 0.05) is 34.1 Å². The summed E-state index contributed by atoms with van der Waals surface area (Å²) >= 11 is 0. The Morgan fingerprint density at radius 3 is 2.85 bits per heavy atom. The fourth-order valence-corrected chi connectivity index (χ4v) is 2.92. The molecule has 98 valence electrons. The molecule has 0 saturated carbocycles. The number of aryl methyl sites for hydroxylation is 1. The van der Waals surface area contributed by atoms with Crippen molar-refractivity contribution in [3.8, 4) is 5.75 Å². The number of pyridine rings is 1. The van der Waals surface area contributed by atoms with Gasteiger partial charge in [-0.3, -0.25) is 4.98 Å². The zero-order valence-corrected chi connectivity index (χ0v) is 11.4. The van der Waals surface area contributed by atoms with Gasteiger partial charge in [-0.1, -0.05) is 0 Å². The maximum absolute atomic E-state index is 5.35. The number of methoxy groups -OCH3 is 1. The molecule has 0 saturated heterocycles. The van der Waals surface area contributed by atoms with Gasteiger partial charge in [0.15, 0.2) is 0 Å². The van der Waals surface area contributed by atoms with E-state index in [9.17, 15) is 0 Å². The van der Waals surface area contributed by atoms with E-state index in [1.54, 1.807) is 7.11 Å². The summed E-state index contributed by atoms with van der Waals surface area (Å²) in [5.41, 5.74) is 3.54. The normalized spacial score (nSPS) is 11.5. The molecule has 4 aromatic rings. The number of nitrogens with zero attached hydrogens (tertiary/aromatic N) is 1. The van der Waals surface area contributed by atoms with Crippen molar-refractivity contribution < 1.29 is 4.74 Å². The highest BCUT2D eigenvalue weighted by molar-refractivity contribution is 6.21. The lowest BCUT2D eigenvalue weighted by Crippen LogP contribution is -1.82. The van der Waals surface area contributed by atoms with Crippen LogP contribution in [0.4, 0.5) is 0 Å². The molecule has 2 aromatic carbocycles. The Balaban J connectivity index is 2.30. The van der Waals surface area contributed by atoms with E-state index in [1.165, 1.54) is 32.6 Å². The van der Waals surface area contributed by atoms with Crippen LogP contribution in [0.3, 0.4) is 0 Å². The molecule has 0 atom stereocenters. The third-order valence-electron chi connectivity index (χ3n) is 3.90. The molecule has 0 spiro atoms. The predicted molar refractivity (Wildman–Crippen MR) is 82.4 cm³/mol. The molecule has 4 rings (SSSR count). The van der Waals surface area contributed by atoms with E-state index >= 15 is 0 Å². The van der Waals surface area contributed by atoms with E-state index in [2.05, 4.69) is 41.2 Å². The highest BCUT2D eigenvalue weighted by Crippen LogP contribution is 2.35. The van der Waals surface area contributed by atoms with Crippen LogP contribution in [0, 0.1) is 6.92 Å². The van der Waals surface area contributed by atoms with E-state index in [4.69, 9.17) is 4.74 Å². The summed E-state index contributed by atoms with van der Waals surface area (Å²) in [5, 5.41) is 4.80. The van der Waals surface area contributed by atoms with Crippen LogP contribution in [0.2, 0.25) is 0 Å². The molecule has 2 aromatic heterocycles. The first-order chi connectivity index (χ1) is 9.78. The molecule has 20 heavy (non-hydrogen) atoms. The van der Waals surface area contributed by atoms with E-state index in [0.717, 1.165) is 11.3 Å². The second-order valence-corrected chi connectivity index (χ2v) is 5.08. The van der Waals surface area contributed by atoms with Crippen molar-refractivity contribution >= 4 is 32.6 Å². The Morgan fingerprint density at radius 1 is 1.10 bits per heavy atom. The molecular weight excluding hydrogens is 248 g/mol. The molecule has 0 aliphatic heterocycles. The Kier molecular flexibility index (Phi) is 2.24. The highest BCUT2D eigenvalue weighted by Gasteiger charge is 2.11. The Bertz CT molecular complexity index is 953. The zero-order valence-electron chi connectivity index (χ0n) is 11.4. The van der Waals surface area contributed by atoms with Gasteiger partial charge in [-0.2, -0.15) is 0 Å². The number of ether oxygens (including phenoxy) is 1. The fraction of sp³-hybridized carbons (Fsp3) is 0.118. The first-order valence-electron chi connectivity index (χ1n) is 6.60. The number of aromatic nitrogens is 2. The Labute approximate surface area is 116 Å². The van der Waals surface area contributed by atoms with Crippen LogP contribution in [-0.2, 0) is 0 Å². The summed E-state index contributed by atoms with van der Waals surface area (Å²) in [6, 6.07) is 10.4. The van der Waals surface area contributed by atoms with Gasteiger partial charge in [-0.05, 0) is 48.2 Å². The summed E-state index contributed by atoms with van der Waals surface area (Å²) in [4.78, 5) is 7.78. The maximum atomic E-state index is 5.35. The summed E-state index contributed by atoms with van der Waals surface area (Å²) in [7, 11) is 1.70. The number of nitrogens with one attached hydrogen (secondary N) is 1. The van der Waals surface area contributed by atoms with Gasteiger partial charge in [0.2, 0.25) is 0 Å². The van der Waals surface area contributed by atoms with Crippen LogP contribution in [0.25, 0.3) is 32.6 Å². The summed E-state index contributed by atoms with van der Waals surface area (Å²) in [6.45, 7) is 2.13. The van der Waals surface area contributed by atoms with Crippen molar-refractivity contribution in [1.82, 2.24) is 9.97 Å². The minimum absolute atomic E-state index is 0.872. The Hall–Kier alpha value is -2.55. The summed E-state index contributed by atoms with van der Waals surface area (Å²) in [6.07, 6.45) is 3.77. The van der Waals surface area contributed by atoms with Crippen molar-refractivity contribution in [2.24, 2.45) is 0 Å². The predicted octanol–water partition coefficient (Wildman–Crippen LogP) is 4.19. The first kappa shape index (κ1) is 11.3. The van der Waals surface area contributed by atoms with E-state index in [0.29, 0.717) is 0 Å². The van der Waals surface area contributed by atoms with Gasteiger partial charge in [-0.25, -0.2) is 0 Å². The van der Waals surface area contributed by atoms with Crippen molar-refractivity contribution in [3.63, 3.8) is 0 Å². The van der Waals surface area contributed by atoms with Crippen molar-refractivity contribution in [2.45, 2.75) is 6.92 Å². The molecule has 0 fully saturated rings. The van der Waals surface area contributed by atoms with E-state index in [1.807, 2.05) is 18.5 Å². The lowest BCUT2D eigenvalue weighted by atomic mass is 10.0. The van der Waals surface area contributed by atoms with E-state index < -0.39 is 0 Å². The molecule has 0 amide bonds. The summed E-state index contributed by atoms with van der Waals surface area (Å²) < 4.78 is 5.35. The average molecular weight is 262 g/mol. The summed E-state index contributed by atoms with van der Waals surface area (Å²) in [5.74, 6) is 0.872. The Morgan fingerprint density at radius 2 is 2.00 bits per heavy atom. The second-order valence-electron chi connectivity index (χ2n) is 5.08. The van der Waals surface area contributed by atoms with Crippen LogP contribution in [0.1, 0.15) is 5.56 Å². The molecule has 0 bridgehead atoms. The van der Waals surface area contributed by atoms with Gasteiger partial charge in [0.05, 0.1) is 12.6 Å². The number of fused-ring (bicyclic) bond motifs is 5. The lowest BCUT2D eigenvalue weighted by Gasteiger charge is -2.03. The molecule has 0 aliphatic carbocycles. The van der Waals surface area contributed by atoms with Gasteiger partial charge < -0.3 is 9.72 Å². The third-order valence-corrected chi connectivity index (χ3v) is 3.90. The molecule has 0 unspecified atom stereocenters. The van der Waals surface area contributed by atoms with Gasteiger partial charge >= 0.3 is 0 Å². The quantitative estimate of drug-likeness (QED) is 0.558.